The van der Waals surface area contributed by atoms with E-state index in [0.29, 0.717) is 45.8 Å². The Morgan fingerprint density at radius 2 is 1.17 bits per heavy atom. The van der Waals surface area contributed by atoms with E-state index in [2.05, 4.69) is 15.4 Å². The maximum absolute atomic E-state index is 12.9. The van der Waals surface area contributed by atoms with Crippen molar-refractivity contribution in [2.75, 3.05) is 59.8 Å². The average Bonchev–Trinajstić information content (AvgIpc) is 2.93. The number of rotatable bonds is 22. The van der Waals surface area contributed by atoms with E-state index in [0.717, 1.165) is 0 Å². The predicted octanol–water partition coefficient (Wildman–Crippen LogP) is 2.56. The summed E-state index contributed by atoms with van der Waals surface area (Å²) in [6, 6.07) is 0. The third-order valence-electron chi connectivity index (χ3n) is 6.96. The molecule has 0 fully saturated rings. The second-order valence-electron chi connectivity index (χ2n) is 11.4. The lowest BCUT2D eigenvalue weighted by molar-refractivity contribution is -0.165. The average molecular weight is 589 g/mol. The molecule has 0 aromatic carbocycles. The molecule has 0 aromatic heterocycles. The van der Waals surface area contributed by atoms with Crippen molar-refractivity contribution in [3.8, 4) is 0 Å². The molecule has 0 saturated carbocycles. The van der Waals surface area contributed by atoms with Gasteiger partial charge in [-0.05, 0) is 40.0 Å². The Hall–Kier alpha value is -2.73. The summed E-state index contributed by atoms with van der Waals surface area (Å²) in [5.41, 5.74) is -2.32. The Kier molecular flexibility index (Phi) is 18.1. The fourth-order valence-electron chi connectivity index (χ4n) is 3.65. The Morgan fingerprint density at radius 1 is 0.634 bits per heavy atom. The quantitative estimate of drug-likeness (QED) is 0.109. The molecule has 0 heterocycles. The van der Waals surface area contributed by atoms with Gasteiger partial charge in [0, 0.05) is 24.9 Å². The van der Waals surface area contributed by atoms with Gasteiger partial charge in [-0.25, -0.2) is 0 Å². The van der Waals surface area contributed by atoms with Gasteiger partial charge in [0.1, 0.15) is 13.2 Å². The molecule has 0 saturated heterocycles. The van der Waals surface area contributed by atoms with Crippen LogP contribution in [0.3, 0.4) is 0 Å². The van der Waals surface area contributed by atoms with Gasteiger partial charge in [-0.15, -0.1) is 0 Å². The van der Waals surface area contributed by atoms with Crippen molar-refractivity contribution in [3.05, 3.63) is 0 Å². The molecule has 2 amide bonds. The fourth-order valence-corrected chi connectivity index (χ4v) is 3.65. The summed E-state index contributed by atoms with van der Waals surface area (Å²) < 4.78 is 26.0. The molecule has 238 valence electrons. The number of esters is 3. The first-order valence-electron chi connectivity index (χ1n) is 14.3. The number of methoxy groups -OCH3 is 1. The van der Waals surface area contributed by atoms with Crippen LogP contribution in [0.2, 0.25) is 0 Å². The van der Waals surface area contributed by atoms with Crippen LogP contribution in [0.1, 0.15) is 80.6 Å². The molecule has 12 nitrogen and oxygen atoms in total. The van der Waals surface area contributed by atoms with Gasteiger partial charge in [0.25, 0.3) is 0 Å². The Balaban J connectivity index is 4.24. The molecule has 0 rings (SSSR count). The van der Waals surface area contributed by atoms with Crippen LogP contribution in [0, 0.1) is 16.2 Å². The Bertz CT molecular complexity index is 843. The minimum absolute atomic E-state index is 0.0161. The molecule has 0 bridgehead atoms. The van der Waals surface area contributed by atoms with Gasteiger partial charge in [0.2, 0.25) is 11.8 Å². The highest BCUT2D eigenvalue weighted by molar-refractivity contribution is 5.84. The second-order valence-corrected chi connectivity index (χ2v) is 11.4. The first-order valence-corrected chi connectivity index (χ1v) is 14.3. The largest absolute Gasteiger partial charge is 0.469 e. The molecule has 1 unspecified atom stereocenters. The highest BCUT2D eigenvalue weighted by atomic mass is 16.6. The van der Waals surface area contributed by atoms with Gasteiger partial charge in [-0.3, -0.25) is 24.0 Å². The zero-order valence-electron chi connectivity index (χ0n) is 26.3. The van der Waals surface area contributed by atoms with E-state index in [9.17, 15) is 24.0 Å². The summed E-state index contributed by atoms with van der Waals surface area (Å²) in [5, 5.41) is 5.49. The van der Waals surface area contributed by atoms with Gasteiger partial charge in [0.05, 0.1) is 50.8 Å². The summed E-state index contributed by atoms with van der Waals surface area (Å²) in [7, 11) is 1.27. The number of nitrogens with one attached hydrogen (secondary N) is 2. The predicted molar refractivity (Wildman–Crippen MR) is 152 cm³/mol. The topological polar surface area (TPSA) is 156 Å². The number of hydrogen-bond donors (Lipinski definition) is 2. The Morgan fingerprint density at radius 3 is 1.68 bits per heavy atom. The molecule has 0 aliphatic heterocycles. The van der Waals surface area contributed by atoms with Crippen molar-refractivity contribution in [1.29, 1.82) is 0 Å². The van der Waals surface area contributed by atoms with Gasteiger partial charge in [-0.1, -0.05) is 27.7 Å². The second kappa shape index (κ2) is 19.4. The van der Waals surface area contributed by atoms with Crippen LogP contribution in [-0.2, 0) is 47.7 Å². The maximum atomic E-state index is 12.9. The van der Waals surface area contributed by atoms with E-state index in [4.69, 9.17) is 18.9 Å². The molecular formula is C29H52N2O10. The SMILES string of the molecule is CCC(C)(C)C(=O)OCCOC(=O)C(C)(CC)CC(C)(C)C(=O)NCCOCCOCCNC(=O)CCC(=O)OC. The van der Waals surface area contributed by atoms with Crippen LogP contribution in [0.4, 0.5) is 0 Å². The number of carbonyl (C=O) groups is 5. The van der Waals surface area contributed by atoms with E-state index in [1.807, 2.05) is 13.8 Å². The number of hydrogen-bond acceptors (Lipinski definition) is 10. The molecule has 0 radical (unpaired) electrons. The molecule has 1 atom stereocenters. The number of amides is 2. The highest BCUT2D eigenvalue weighted by Gasteiger charge is 2.42. The van der Waals surface area contributed by atoms with E-state index in [1.54, 1.807) is 34.6 Å². The zero-order chi connectivity index (χ0) is 31.5. The van der Waals surface area contributed by atoms with Crippen molar-refractivity contribution >= 4 is 29.7 Å². The summed E-state index contributed by atoms with van der Waals surface area (Å²) >= 11 is 0. The van der Waals surface area contributed by atoms with Gasteiger partial charge >= 0.3 is 17.9 Å². The lowest BCUT2D eigenvalue weighted by Gasteiger charge is -2.34. The molecular weight excluding hydrogens is 536 g/mol. The summed E-state index contributed by atoms with van der Waals surface area (Å²) in [6.07, 6.45) is 1.49. The van der Waals surface area contributed by atoms with Crippen LogP contribution in [0.25, 0.3) is 0 Å². The standard InChI is InChI=1S/C29H52N2O10/c1-9-27(3,4)25(35)40-19-20-41-26(36)29(7,10-2)21-28(5,6)24(34)31-14-16-39-18-17-38-15-13-30-22(32)11-12-23(33)37-8/h9-21H2,1-8H3,(H,30,32)(H,31,34). The first kappa shape index (κ1) is 38.3. The summed E-state index contributed by atoms with van der Waals surface area (Å²) in [6.45, 7) is 14.5. The first-order chi connectivity index (χ1) is 19.1. The minimum atomic E-state index is -0.887. The van der Waals surface area contributed by atoms with Crippen molar-refractivity contribution in [3.63, 3.8) is 0 Å². The third kappa shape index (κ3) is 15.7. The zero-order valence-corrected chi connectivity index (χ0v) is 26.3. The van der Waals surface area contributed by atoms with Crippen molar-refractivity contribution in [1.82, 2.24) is 10.6 Å². The smallest absolute Gasteiger partial charge is 0.311 e. The van der Waals surface area contributed by atoms with Crippen molar-refractivity contribution in [2.45, 2.75) is 80.6 Å². The number of carbonyl (C=O) groups excluding carboxylic acids is 5. The van der Waals surface area contributed by atoms with Crippen molar-refractivity contribution < 1.29 is 47.7 Å². The highest BCUT2D eigenvalue weighted by Crippen LogP contribution is 2.37. The van der Waals surface area contributed by atoms with E-state index < -0.39 is 28.2 Å². The van der Waals surface area contributed by atoms with Crippen LogP contribution in [0.5, 0.6) is 0 Å². The molecule has 41 heavy (non-hydrogen) atoms. The number of ether oxygens (including phenoxy) is 5. The minimum Gasteiger partial charge on any atom is -0.469 e. The van der Waals surface area contributed by atoms with Gasteiger partial charge < -0.3 is 34.3 Å². The van der Waals surface area contributed by atoms with E-state index in [1.165, 1.54) is 7.11 Å². The van der Waals surface area contributed by atoms with Crippen LogP contribution in [0.15, 0.2) is 0 Å². The summed E-state index contributed by atoms with van der Waals surface area (Å²) in [5.74, 6) is -1.66. The van der Waals surface area contributed by atoms with E-state index >= 15 is 0 Å². The normalized spacial score (nSPS) is 13.1. The van der Waals surface area contributed by atoms with Crippen molar-refractivity contribution in [2.24, 2.45) is 16.2 Å². The molecule has 12 heteroatoms. The van der Waals surface area contributed by atoms with Crippen LogP contribution in [-0.4, -0.2) is 89.6 Å². The molecule has 0 aromatic rings. The molecule has 0 spiro atoms. The molecule has 0 aliphatic rings. The van der Waals surface area contributed by atoms with Gasteiger partial charge in [-0.2, -0.15) is 0 Å². The third-order valence-corrected chi connectivity index (χ3v) is 6.96. The lowest BCUT2D eigenvalue weighted by atomic mass is 9.72. The lowest BCUT2D eigenvalue weighted by Crippen LogP contribution is -2.44. The monoisotopic (exact) mass is 588 g/mol. The molecule has 0 aliphatic carbocycles. The Labute approximate surface area is 244 Å². The van der Waals surface area contributed by atoms with Crippen LogP contribution >= 0.6 is 0 Å². The maximum Gasteiger partial charge on any atom is 0.311 e. The van der Waals surface area contributed by atoms with E-state index in [-0.39, 0.29) is 56.9 Å². The van der Waals surface area contributed by atoms with Gasteiger partial charge in [0.15, 0.2) is 0 Å². The van der Waals surface area contributed by atoms with Crippen LogP contribution < -0.4 is 10.6 Å². The fraction of sp³-hybridized carbons (Fsp3) is 0.828. The summed E-state index contributed by atoms with van der Waals surface area (Å²) in [4.78, 5) is 60.3. The molecule has 2 N–H and O–H groups in total.